The highest BCUT2D eigenvalue weighted by molar-refractivity contribution is 5.79. The molecule has 1 unspecified atom stereocenters. The van der Waals surface area contributed by atoms with Crippen molar-refractivity contribution in [1.82, 2.24) is 19.6 Å². The average molecular weight is 267 g/mol. The van der Waals surface area contributed by atoms with Gasteiger partial charge in [-0.3, -0.25) is 9.20 Å². The third kappa shape index (κ3) is 1.80. The largest absolute Gasteiger partial charge is 0.365 e. The van der Waals surface area contributed by atoms with Crippen LogP contribution in [0.25, 0.3) is 5.65 Å². The Morgan fingerprint density at radius 3 is 3.05 bits per heavy atom. The van der Waals surface area contributed by atoms with E-state index in [1.165, 1.54) is 11.1 Å². The summed E-state index contributed by atoms with van der Waals surface area (Å²) in [5.74, 6) is 0.600. The molecular weight excluding hydrogens is 254 g/mol. The molecule has 1 N–H and O–H groups in total. The molecule has 6 nitrogen and oxygen atoms in total. The van der Waals surface area contributed by atoms with E-state index in [0.717, 1.165) is 5.56 Å². The number of nitrogens with zero attached hydrogens (tertiary/aromatic N) is 4. The second kappa shape index (κ2) is 4.38. The Bertz CT molecular complexity index is 737. The van der Waals surface area contributed by atoms with E-state index < -0.39 is 0 Å². The number of aromatic nitrogens is 2. The number of carbonyl (C=O) groups excluding carboxylic acids is 1. The first-order valence-corrected chi connectivity index (χ1v) is 6.19. The minimum absolute atomic E-state index is 0.0185. The van der Waals surface area contributed by atoms with Gasteiger partial charge in [0.2, 0.25) is 5.91 Å². The number of imidazole rings is 1. The van der Waals surface area contributed by atoms with Crippen molar-refractivity contribution in [2.75, 3.05) is 7.05 Å². The molecule has 2 aromatic rings. The molecule has 1 aliphatic rings. The van der Waals surface area contributed by atoms with E-state index in [1.54, 1.807) is 11.4 Å². The molecule has 1 fully saturated rings. The monoisotopic (exact) mass is 267 g/mol. The Labute approximate surface area is 115 Å². The molecule has 1 amide bonds. The van der Waals surface area contributed by atoms with E-state index in [-0.39, 0.29) is 11.9 Å². The molecule has 1 aliphatic heterocycles. The van der Waals surface area contributed by atoms with Crippen molar-refractivity contribution in [3.05, 3.63) is 48.2 Å². The average Bonchev–Trinajstić information content (AvgIpc) is 2.86. The van der Waals surface area contributed by atoms with Gasteiger partial charge in [0.1, 0.15) is 23.2 Å². The van der Waals surface area contributed by atoms with Crippen LogP contribution in [-0.2, 0) is 4.79 Å². The van der Waals surface area contributed by atoms with Crippen LogP contribution in [0.3, 0.4) is 0 Å². The fourth-order valence-corrected chi connectivity index (χ4v) is 2.30. The molecule has 1 saturated heterocycles. The Balaban J connectivity index is 2.00. The summed E-state index contributed by atoms with van der Waals surface area (Å²) in [6.45, 7) is 3.83. The van der Waals surface area contributed by atoms with E-state index in [1.807, 2.05) is 18.3 Å². The molecule has 2 aromatic heterocycles. The zero-order valence-electron chi connectivity index (χ0n) is 11.0. The zero-order chi connectivity index (χ0) is 14.3. The van der Waals surface area contributed by atoms with Crippen LogP contribution >= 0.6 is 0 Å². The Morgan fingerprint density at radius 1 is 1.55 bits per heavy atom. The van der Waals surface area contributed by atoms with E-state index >= 15 is 0 Å². The Morgan fingerprint density at radius 2 is 2.35 bits per heavy atom. The lowest BCUT2D eigenvalue weighted by molar-refractivity contribution is -0.130. The minimum atomic E-state index is -0.135. The number of rotatable bonds is 1. The van der Waals surface area contributed by atoms with E-state index in [9.17, 15) is 4.79 Å². The van der Waals surface area contributed by atoms with Crippen molar-refractivity contribution in [2.45, 2.75) is 12.5 Å². The molecular formula is C14H13N5O. The van der Waals surface area contributed by atoms with Crippen molar-refractivity contribution in [2.24, 2.45) is 0 Å². The van der Waals surface area contributed by atoms with Crippen molar-refractivity contribution in [3.63, 3.8) is 0 Å². The first kappa shape index (κ1) is 12.2. The SMILES string of the molecule is C=C1NC(c2ccc3ncc(C#N)n3c2)CC(=O)N1C. The number of carbonyl (C=O) groups is 1. The summed E-state index contributed by atoms with van der Waals surface area (Å²) in [5, 5.41) is 12.2. The van der Waals surface area contributed by atoms with Gasteiger partial charge in [-0.1, -0.05) is 12.6 Å². The van der Waals surface area contributed by atoms with Crippen LogP contribution in [0.4, 0.5) is 0 Å². The lowest BCUT2D eigenvalue weighted by atomic mass is 10.0. The van der Waals surface area contributed by atoms with Gasteiger partial charge in [-0.25, -0.2) is 4.98 Å². The predicted molar refractivity (Wildman–Crippen MR) is 72.3 cm³/mol. The topological polar surface area (TPSA) is 73.4 Å². The van der Waals surface area contributed by atoms with Gasteiger partial charge in [0.05, 0.1) is 18.7 Å². The summed E-state index contributed by atoms with van der Waals surface area (Å²) in [7, 11) is 1.70. The third-order valence-corrected chi connectivity index (χ3v) is 3.54. The van der Waals surface area contributed by atoms with Gasteiger partial charge in [0.15, 0.2) is 0 Å². The number of nitrogens with one attached hydrogen (secondary N) is 1. The van der Waals surface area contributed by atoms with E-state index in [0.29, 0.717) is 23.6 Å². The van der Waals surface area contributed by atoms with Gasteiger partial charge in [-0.05, 0) is 11.6 Å². The van der Waals surface area contributed by atoms with Gasteiger partial charge < -0.3 is 10.2 Å². The van der Waals surface area contributed by atoms with Gasteiger partial charge in [-0.2, -0.15) is 5.26 Å². The molecule has 3 heterocycles. The predicted octanol–water partition coefficient (Wildman–Crippen LogP) is 1.17. The molecule has 0 bridgehead atoms. The van der Waals surface area contributed by atoms with Gasteiger partial charge >= 0.3 is 0 Å². The second-order valence-electron chi connectivity index (χ2n) is 4.75. The van der Waals surface area contributed by atoms with Crippen LogP contribution in [-0.4, -0.2) is 27.2 Å². The summed E-state index contributed by atoms with van der Waals surface area (Å²) in [4.78, 5) is 17.5. The third-order valence-electron chi connectivity index (χ3n) is 3.54. The number of pyridine rings is 1. The molecule has 0 aromatic carbocycles. The summed E-state index contributed by atoms with van der Waals surface area (Å²) in [6.07, 6.45) is 3.73. The smallest absolute Gasteiger partial charge is 0.230 e. The maximum atomic E-state index is 11.9. The summed E-state index contributed by atoms with van der Waals surface area (Å²) in [6, 6.07) is 5.70. The van der Waals surface area contributed by atoms with Crippen molar-refractivity contribution in [3.8, 4) is 6.07 Å². The number of hydrogen-bond acceptors (Lipinski definition) is 4. The number of amides is 1. The minimum Gasteiger partial charge on any atom is -0.365 e. The van der Waals surface area contributed by atoms with Crippen LogP contribution in [0.5, 0.6) is 0 Å². The summed E-state index contributed by atoms with van der Waals surface area (Å²) in [5.41, 5.74) is 2.11. The lowest BCUT2D eigenvalue weighted by Crippen LogP contribution is -2.42. The number of nitriles is 1. The first-order valence-electron chi connectivity index (χ1n) is 6.19. The van der Waals surface area contributed by atoms with Crippen LogP contribution in [0.1, 0.15) is 23.7 Å². The van der Waals surface area contributed by atoms with Gasteiger partial charge in [0, 0.05) is 13.2 Å². The van der Waals surface area contributed by atoms with Crippen LogP contribution in [0.15, 0.2) is 36.9 Å². The standard InChI is InChI=1S/C14H13N5O/c1-9-17-12(5-14(20)18(9)2)10-3-4-13-16-7-11(6-15)19(13)8-10/h3-4,7-8,12,17H,1,5H2,2H3. The molecule has 0 radical (unpaired) electrons. The molecule has 20 heavy (non-hydrogen) atoms. The van der Waals surface area contributed by atoms with Crippen molar-refractivity contribution < 1.29 is 4.79 Å². The number of fused-ring (bicyclic) bond motifs is 1. The highest BCUT2D eigenvalue weighted by Crippen LogP contribution is 2.24. The van der Waals surface area contributed by atoms with Gasteiger partial charge in [-0.15, -0.1) is 0 Å². The fourth-order valence-electron chi connectivity index (χ4n) is 2.30. The van der Waals surface area contributed by atoms with Crippen LogP contribution in [0, 0.1) is 11.3 Å². The fraction of sp³-hybridized carbons (Fsp3) is 0.214. The van der Waals surface area contributed by atoms with Gasteiger partial charge in [0.25, 0.3) is 0 Å². The molecule has 3 rings (SSSR count). The molecule has 0 saturated carbocycles. The molecule has 1 atom stereocenters. The maximum absolute atomic E-state index is 11.9. The number of hydrogen-bond donors (Lipinski definition) is 1. The Hall–Kier alpha value is -2.81. The molecule has 6 heteroatoms. The van der Waals surface area contributed by atoms with Crippen LogP contribution < -0.4 is 5.32 Å². The Kier molecular flexibility index (Phi) is 2.68. The van der Waals surface area contributed by atoms with Crippen molar-refractivity contribution >= 4 is 11.6 Å². The summed E-state index contributed by atoms with van der Waals surface area (Å²) >= 11 is 0. The second-order valence-corrected chi connectivity index (χ2v) is 4.75. The lowest BCUT2D eigenvalue weighted by Gasteiger charge is -2.32. The normalized spacial score (nSPS) is 19.0. The maximum Gasteiger partial charge on any atom is 0.230 e. The molecule has 100 valence electrons. The first-order chi connectivity index (χ1) is 9.60. The highest BCUT2D eigenvalue weighted by atomic mass is 16.2. The summed E-state index contributed by atoms with van der Waals surface area (Å²) < 4.78 is 1.72. The quantitative estimate of drug-likeness (QED) is 0.841. The highest BCUT2D eigenvalue weighted by Gasteiger charge is 2.26. The van der Waals surface area contributed by atoms with E-state index in [2.05, 4.69) is 22.9 Å². The van der Waals surface area contributed by atoms with Crippen LogP contribution in [0.2, 0.25) is 0 Å². The molecule has 0 aliphatic carbocycles. The zero-order valence-corrected chi connectivity index (χ0v) is 11.0. The molecule has 0 spiro atoms. The van der Waals surface area contributed by atoms with E-state index in [4.69, 9.17) is 5.26 Å². The van der Waals surface area contributed by atoms with Crippen molar-refractivity contribution in [1.29, 1.82) is 5.26 Å².